The van der Waals surface area contributed by atoms with E-state index < -0.39 is 0 Å². The third kappa shape index (κ3) is 3.67. The highest BCUT2D eigenvalue weighted by molar-refractivity contribution is 5.81. The maximum Gasteiger partial charge on any atom is 0.239 e. The van der Waals surface area contributed by atoms with E-state index in [1.165, 1.54) is 0 Å². The fraction of sp³-hybridized carbons (Fsp3) is 0.571. The molecule has 2 rings (SSSR count). The van der Waals surface area contributed by atoms with Gasteiger partial charge in [-0.1, -0.05) is 6.07 Å². The first kappa shape index (κ1) is 13.8. The summed E-state index contributed by atoms with van der Waals surface area (Å²) >= 11 is 0. The van der Waals surface area contributed by atoms with Crippen molar-refractivity contribution in [2.75, 3.05) is 20.2 Å². The van der Waals surface area contributed by atoms with Crippen molar-refractivity contribution >= 4 is 5.91 Å². The standard InChI is InChI=1S/C14H21N3O2/c1-11(14(18)17-8-3-4-9-17)15-10-12-6-5-7-13(16-12)19-2/h5-7,11,15H,3-4,8-10H2,1-2H3. The zero-order valence-corrected chi connectivity index (χ0v) is 11.6. The van der Waals surface area contributed by atoms with Gasteiger partial charge in [-0.05, 0) is 25.8 Å². The van der Waals surface area contributed by atoms with Gasteiger partial charge in [0.2, 0.25) is 11.8 Å². The van der Waals surface area contributed by atoms with Gasteiger partial charge in [0.25, 0.3) is 0 Å². The van der Waals surface area contributed by atoms with E-state index in [2.05, 4.69) is 10.3 Å². The Bertz CT molecular complexity index is 430. The molecule has 2 heterocycles. The molecule has 0 bridgehead atoms. The van der Waals surface area contributed by atoms with Gasteiger partial charge in [0.05, 0.1) is 18.8 Å². The van der Waals surface area contributed by atoms with E-state index in [4.69, 9.17) is 4.74 Å². The summed E-state index contributed by atoms with van der Waals surface area (Å²) in [6, 6.07) is 5.45. The van der Waals surface area contributed by atoms with E-state index in [1.807, 2.05) is 30.0 Å². The third-order valence-corrected chi connectivity index (χ3v) is 3.37. The Morgan fingerprint density at radius 3 is 2.89 bits per heavy atom. The van der Waals surface area contributed by atoms with Crippen LogP contribution in [0.15, 0.2) is 18.2 Å². The average Bonchev–Trinajstić information content (AvgIpc) is 2.98. The normalized spacial score (nSPS) is 16.4. The van der Waals surface area contributed by atoms with Crippen molar-refractivity contribution in [2.24, 2.45) is 0 Å². The first-order chi connectivity index (χ1) is 9.20. The number of likely N-dealkylation sites (tertiary alicyclic amines) is 1. The zero-order chi connectivity index (χ0) is 13.7. The summed E-state index contributed by atoms with van der Waals surface area (Å²) < 4.78 is 5.08. The highest BCUT2D eigenvalue weighted by Gasteiger charge is 2.22. The lowest BCUT2D eigenvalue weighted by Crippen LogP contribution is -2.43. The maximum atomic E-state index is 12.1. The number of rotatable bonds is 5. The second-order valence-corrected chi connectivity index (χ2v) is 4.81. The van der Waals surface area contributed by atoms with Gasteiger partial charge < -0.3 is 15.0 Å². The van der Waals surface area contributed by atoms with Crippen LogP contribution in [0.1, 0.15) is 25.5 Å². The van der Waals surface area contributed by atoms with Gasteiger partial charge in [-0.3, -0.25) is 4.79 Å². The number of aromatic nitrogens is 1. The minimum Gasteiger partial charge on any atom is -0.481 e. The summed E-state index contributed by atoms with van der Waals surface area (Å²) in [5, 5.41) is 3.22. The molecule has 1 amide bonds. The number of hydrogen-bond donors (Lipinski definition) is 1. The van der Waals surface area contributed by atoms with Crippen LogP contribution in [0, 0.1) is 0 Å². The summed E-state index contributed by atoms with van der Waals surface area (Å²) in [6.45, 7) is 4.25. The van der Waals surface area contributed by atoms with Crippen LogP contribution in [-0.2, 0) is 11.3 Å². The summed E-state index contributed by atoms with van der Waals surface area (Å²) in [5.41, 5.74) is 0.875. The predicted octanol–water partition coefficient (Wildman–Crippen LogP) is 1.19. The molecular formula is C14H21N3O2. The largest absolute Gasteiger partial charge is 0.481 e. The second kappa shape index (κ2) is 6.52. The maximum absolute atomic E-state index is 12.1. The van der Waals surface area contributed by atoms with Crippen molar-refractivity contribution in [1.29, 1.82) is 0 Å². The second-order valence-electron chi connectivity index (χ2n) is 4.81. The van der Waals surface area contributed by atoms with Crippen LogP contribution in [0.2, 0.25) is 0 Å². The van der Waals surface area contributed by atoms with Gasteiger partial charge >= 0.3 is 0 Å². The molecule has 5 nitrogen and oxygen atoms in total. The molecule has 1 N–H and O–H groups in total. The Hall–Kier alpha value is -1.62. The van der Waals surface area contributed by atoms with E-state index in [9.17, 15) is 4.79 Å². The molecule has 1 aliphatic rings. The molecular weight excluding hydrogens is 242 g/mol. The van der Waals surface area contributed by atoms with Crippen molar-refractivity contribution in [3.63, 3.8) is 0 Å². The van der Waals surface area contributed by atoms with E-state index in [-0.39, 0.29) is 11.9 Å². The molecule has 19 heavy (non-hydrogen) atoms. The molecule has 1 saturated heterocycles. The van der Waals surface area contributed by atoms with Crippen molar-refractivity contribution < 1.29 is 9.53 Å². The minimum absolute atomic E-state index is 0.175. The quantitative estimate of drug-likeness (QED) is 0.867. The molecule has 1 atom stereocenters. The Morgan fingerprint density at radius 1 is 1.47 bits per heavy atom. The zero-order valence-electron chi connectivity index (χ0n) is 11.6. The lowest BCUT2D eigenvalue weighted by atomic mass is 10.2. The van der Waals surface area contributed by atoms with Crippen molar-refractivity contribution in [3.05, 3.63) is 23.9 Å². The smallest absolute Gasteiger partial charge is 0.239 e. The lowest BCUT2D eigenvalue weighted by Gasteiger charge is -2.21. The van der Waals surface area contributed by atoms with Crippen molar-refractivity contribution in [1.82, 2.24) is 15.2 Å². The van der Waals surface area contributed by atoms with Gasteiger partial charge in [0, 0.05) is 25.7 Å². The SMILES string of the molecule is COc1cccc(CNC(C)C(=O)N2CCCC2)n1. The van der Waals surface area contributed by atoms with Gasteiger partial charge in [0.15, 0.2) is 0 Å². The molecule has 1 aromatic heterocycles. The number of nitrogens with one attached hydrogen (secondary N) is 1. The highest BCUT2D eigenvalue weighted by atomic mass is 16.5. The summed E-state index contributed by atoms with van der Waals surface area (Å²) in [4.78, 5) is 18.3. The van der Waals surface area contributed by atoms with Gasteiger partial charge in [0.1, 0.15) is 0 Å². The lowest BCUT2D eigenvalue weighted by molar-refractivity contribution is -0.131. The summed E-state index contributed by atoms with van der Waals surface area (Å²) in [5.74, 6) is 0.776. The summed E-state index contributed by atoms with van der Waals surface area (Å²) in [7, 11) is 1.60. The van der Waals surface area contributed by atoms with E-state index in [1.54, 1.807) is 7.11 Å². The van der Waals surface area contributed by atoms with Crippen LogP contribution >= 0.6 is 0 Å². The molecule has 1 fully saturated rings. The Balaban J connectivity index is 1.85. The van der Waals surface area contributed by atoms with Gasteiger partial charge in [-0.2, -0.15) is 0 Å². The monoisotopic (exact) mass is 263 g/mol. The number of nitrogens with zero attached hydrogens (tertiary/aromatic N) is 2. The number of hydrogen-bond acceptors (Lipinski definition) is 4. The molecule has 0 saturated carbocycles. The third-order valence-electron chi connectivity index (χ3n) is 3.37. The molecule has 0 aliphatic carbocycles. The molecule has 1 unspecified atom stereocenters. The molecule has 1 aromatic rings. The number of amides is 1. The van der Waals surface area contributed by atoms with Gasteiger partial charge in [-0.25, -0.2) is 4.98 Å². The van der Waals surface area contributed by atoms with Crippen LogP contribution in [0.5, 0.6) is 5.88 Å². The fourth-order valence-electron chi connectivity index (χ4n) is 2.23. The topological polar surface area (TPSA) is 54.5 Å². The van der Waals surface area contributed by atoms with Gasteiger partial charge in [-0.15, -0.1) is 0 Å². The van der Waals surface area contributed by atoms with Crippen LogP contribution < -0.4 is 10.1 Å². The number of carbonyl (C=O) groups is 1. The molecule has 0 radical (unpaired) electrons. The molecule has 1 aliphatic heterocycles. The first-order valence-electron chi connectivity index (χ1n) is 6.73. The molecule has 5 heteroatoms. The number of ether oxygens (including phenoxy) is 1. The van der Waals surface area contributed by atoms with Crippen LogP contribution in [0.4, 0.5) is 0 Å². The van der Waals surface area contributed by atoms with Crippen LogP contribution in [-0.4, -0.2) is 42.0 Å². The highest BCUT2D eigenvalue weighted by Crippen LogP contribution is 2.10. The molecule has 0 spiro atoms. The van der Waals surface area contributed by atoms with E-state index in [0.717, 1.165) is 31.6 Å². The van der Waals surface area contributed by atoms with E-state index in [0.29, 0.717) is 12.4 Å². The van der Waals surface area contributed by atoms with Crippen LogP contribution in [0.25, 0.3) is 0 Å². The number of carbonyl (C=O) groups excluding carboxylic acids is 1. The Morgan fingerprint density at radius 2 is 2.21 bits per heavy atom. The average molecular weight is 263 g/mol. The summed E-state index contributed by atoms with van der Waals surface area (Å²) in [6.07, 6.45) is 2.24. The molecule has 0 aromatic carbocycles. The Kier molecular flexibility index (Phi) is 4.74. The number of pyridine rings is 1. The predicted molar refractivity (Wildman–Crippen MR) is 72.9 cm³/mol. The first-order valence-corrected chi connectivity index (χ1v) is 6.73. The molecule has 104 valence electrons. The number of methoxy groups -OCH3 is 1. The van der Waals surface area contributed by atoms with Crippen molar-refractivity contribution in [3.8, 4) is 5.88 Å². The van der Waals surface area contributed by atoms with Crippen LogP contribution in [0.3, 0.4) is 0 Å². The fourth-order valence-corrected chi connectivity index (χ4v) is 2.23. The van der Waals surface area contributed by atoms with E-state index >= 15 is 0 Å². The minimum atomic E-state index is -0.175. The Labute approximate surface area is 114 Å². The van der Waals surface area contributed by atoms with Crippen molar-refractivity contribution in [2.45, 2.75) is 32.4 Å².